The second-order valence-electron chi connectivity index (χ2n) is 10.6. The van der Waals surface area contributed by atoms with Crippen molar-refractivity contribution in [1.82, 2.24) is 19.9 Å². The van der Waals surface area contributed by atoms with Crippen LogP contribution < -0.4 is 0 Å². The second kappa shape index (κ2) is 16.3. The van der Waals surface area contributed by atoms with Gasteiger partial charge in [0.25, 0.3) is 0 Å². The standard InChI is InChI=1S/C40H26Br4N4/c41-31-13-1-27(2-14-31)9-21-35-25-36(22-10-28-3-15-32(42)16-4-28)46-39(45-35)40-47-37(23-11-29-5-17-33(43)18-6-29)26-38(48-40)24-12-30-7-19-34(44)20-8-30/h1-26H/b21-9+,22-10+,23-11+,24-12+. The van der Waals surface area contributed by atoms with E-state index in [1.165, 1.54) is 0 Å². The number of halogens is 4. The number of hydrogen-bond acceptors (Lipinski definition) is 4. The van der Waals surface area contributed by atoms with Gasteiger partial charge in [0, 0.05) is 17.9 Å². The largest absolute Gasteiger partial charge is 0.226 e. The predicted molar refractivity (Wildman–Crippen MR) is 215 cm³/mol. The summed E-state index contributed by atoms with van der Waals surface area (Å²) in [6.45, 7) is 0. The summed E-state index contributed by atoms with van der Waals surface area (Å²) in [6.07, 6.45) is 16.1. The zero-order valence-corrected chi connectivity index (χ0v) is 31.7. The first kappa shape index (κ1) is 33.8. The van der Waals surface area contributed by atoms with Crippen LogP contribution in [0, 0.1) is 0 Å². The van der Waals surface area contributed by atoms with Gasteiger partial charge < -0.3 is 0 Å². The summed E-state index contributed by atoms with van der Waals surface area (Å²) in [4.78, 5) is 19.6. The monoisotopic (exact) mass is 878 g/mol. The Hall–Kier alpha value is -4.08. The van der Waals surface area contributed by atoms with E-state index in [4.69, 9.17) is 19.9 Å². The van der Waals surface area contributed by atoms with E-state index in [9.17, 15) is 0 Å². The normalized spacial score (nSPS) is 11.8. The van der Waals surface area contributed by atoms with Crippen molar-refractivity contribution < 1.29 is 0 Å². The Kier molecular flexibility index (Phi) is 11.5. The lowest BCUT2D eigenvalue weighted by molar-refractivity contribution is 1.05. The molecule has 48 heavy (non-hydrogen) atoms. The van der Waals surface area contributed by atoms with Crippen LogP contribution in [-0.2, 0) is 0 Å². The third kappa shape index (κ3) is 9.97. The maximum Gasteiger partial charge on any atom is 0.198 e. The van der Waals surface area contributed by atoms with Gasteiger partial charge in [0.05, 0.1) is 22.8 Å². The third-order valence-corrected chi connectivity index (χ3v) is 9.11. The fourth-order valence-corrected chi connectivity index (χ4v) is 5.59. The van der Waals surface area contributed by atoms with Crippen LogP contribution in [0.1, 0.15) is 45.0 Å². The summed E-state index contributed by atoms with van der Waals surface area (Å²) < 4.78 is 4.11. The molecule has 0 aliphatic rings. The van der Waals surface area contributed by atoms with E-state index >= 15 is 0 Å². The summed E-state index contributed by atoms with van der Waals surface area (Å²) in [5.41, 5.74) is 7.19. The molecule has 0 amide bonds. The number of nitrogens with zero attached hydrogens (tertiary/aromatic N) is 4. The quantitative estimate of drug-likeness (QED) is 0.145. The molecular formula is C40H26Br4N4. The molecule has 0 aliphatic carbocycles. The summed E-state index contributed by atoms with van der Waals surface area (Å²) in [5, 5.41) is 0. The smallest absolute Gasteiger partial charge is 0.198 e. The predicted octanol–water partition coefficient (Wildman–Crippen LogP) is 12.7. The molecule has 0 fully saturated rings. The average Bonchev–Trinajstić information content (AvgIpc) is 3.10. The van der Waals surface area contributed by atoms with Crippen molar-refractivity contribution in [1.29, 1.82) is 0 Å². The van der Waals surface area contributed by atoms with Crippen molar-refractivity contribution in [3.63, 3.8) is 0 Å². The molecule has 6 rings (SSSR count). The van der Waals surface area contributed by atoms with E-state index in [0.29, 0.717) is 11.6 Å². The Morgan fingerprint density at radius 1 is 0.292 bits per heavy atom. The van der Waals surface area contributed by atoms with E-state index in [1.54, 1.807) is 0 Å². The van der Waals surface area contributed by atoms with Crippen molar-refractivity contribution in [2.45, 2.75) is 0 Å². The zero-order chi connectivity index (χ0) is 33.3. The molecule has 4 nitrogen and oxygen atoms in total. The molecule has 6 aromatic rings. The molecule has 0 spiro atoms. The lowest BCUT2D eigenvalue weighted by atomic mass is 10.1. The highest BCUT2D eigenvalue weighted by Crippen LogP contribution is 2.21. The van der Waals surface area contributed by atoms with Gasteiger partial charge in [-0.2, -0.15) is 0 Å². The molecule has 0 atom stereocenters. The molecule has 4 aromatic carbocycles. The van der Waals surface area contributed by atoms with Gasteiger partial charge in [-0.15, -0.1) is 0 Å². The van der Waals surface area contributed by atoms with E-state index in [-0.39, 0.29) is 0 Å². The molecule has 0 saturated heterocycles. The highest BCUT2D eigenvalue weighted by Gasteiger charge is 2.11. The Morgan fingerprint density at radius 3 is 0.708 bits per heavy atom. The molecule has 0 bridgehead atoms. The molecule has 0 radical (unpaired) electrons. The van der Waals surface area contributed by atoms with Gasteiger partial charge in [-0.3, -0.25) is 0 Å². The fourth-order valence-electron chi connectivity index (χ4n) is 4.53. The average molecular weight is 882 g/mol. The molecule has 2 aromatic heterocycles. The van der Waals surface area contributed by atoms with Crippen LogP contribution >= 0.6 is 63.7 Å². The van der Waals surface area contributed by atoms with Crippen molar-refractivity contribution in [3.05, 3.63) is 172 Å². The number of hydrogen-bond donors (Lipinski definition) is 0. The highest BCUT2D eigenvalue weighted by molar-refractivity contribution is 9.11. The number of benzene rings is 4. The van der Waals surface area contributed by atoms with E-state index in [2.05, 4.69) is 63.7 Å². The lowest BCUT2D eigenvalue weighted by Gasteiger charge is -2.06. The van der Waals surface area contributed by atoms with E-state index in [1.807, 2.05) is 158 Å². The fraction of sp³-hybridized carbons (Fsp3) is 0. The first-order valence-corrected chi connectivity index (χ1v) is 18.0. The van der Waals surface area contributed by atoms with Crippen LogP contribution in [0.2, 0.25) is 0 Å². The van der Waals surface area contributed by atoms with Crippen molar-refractivity contribution >= 4 is 112 Å². The van der Waals surface area contributed by atoms with Gasteiger partial charge in [0.2, 0.25) is 0 Å². The Labute approximate surface area is 313 Å². The molecule has 0 unspecified atom stereocenters. The van der Waals surface area contributed by atoms with Crippen LogP contribution in [0.5, 0.6) is 0 Å². The molecule has 0 aliphatic heterocycles. The molecular weight excluding hydrogens is 856 g/mol. The van der Waals surface area contributed by atoms with Crippen LogP contribution in [-0.4, -0.2) is 19.9 Å². The minimum absolute atomic E-state index is 0.431. The molecule has 234 valence electrons. The molecule has 8 heteroatoms. The number of aromatic nitrogens is 4. The zero-order valence-electron chi connectivity index (χ0n) is 25.3. The summed E-state index contributed by atoms with van der Waals surface area (Å²) in [6, 6.07) is 36.4. The summed E-state index contributed by atoms with van der Waals surface area (Å²) in [7, 11) is 0. The van der Waals surface area contributed by atoms with Crippen LogP contribution in [0.25, 0.3) is 60.3 Å². The SMILES string of the molecule is Brc1ccc(/C=C/c2cc(/C=C/c3ccc(Br)cc3)nc(-c3nc(/C=C/c4ccc(Br)cc4)cc(/C=C/c4ccc(Br)cc4)n3)n2)cc1. The topological polar surface area (TPSA) is 51.6 Å². The van der Waals surface area contributed by atoms with Crippen LogP contribution in [0.4, 0.5) is 0 Å². The Bertz CT molecular complexity index is 1830. The second-order valence-corrected chi connectivity index (χ2v) is 14.3. The Morgan fingerprint density at radius 2 is 0.500 bits per heavy atom. The van der Waals surface area contributed by atoms with Gasteiger partial charge in [0.1, 0.15) is 0 Å². The first-order valence-electron chi connectivity index (χ1n) is 14.9. The summed E-state index contributed by atoms with van der Waals surface area (Å²) in [5.74, 6) is 0.862. The Balaban J connectivity index is 1.42. The molecule has 2 heterocycles. The van der Waals surface area contributed by atoms with E-state index in [0.717, 1.165) is 62.9 Å². The molecule has 0 N–H and O–H groups in total. The van der Waals surface area contributed by atoms with Crippen molar-refractivity contribution in [2.24, 2.45) is 0 Å². The summed E-state index contributed by atoms with van der Waals surface area (Å²) >= 11 is 14.0. The first-order chi connectivity index (χ1) is 23.3. The van der Waals surface area contributed by atoms with Gasteiger partial charge >= 0.3 is 0 Å². The maximum absolute atomic E-state index is 4.91. The highest BCUT2D eigenvalue weighted by atomic mass is 79.9. The third-order valence-electron chi connectivity index (χ3n) is 7.00. The van der Waals surface area contributed by atoms with Crippen molar-refractivity contribution in [2.75, 3.05) is 0 Å². The lowest BCUT2D eigenvalue weighted by Crippen LogP contribution is -2.01. The van der Waals surface area contributed by atoms with Crippen LogP contribution in [0.15, 0.2) is 127 Å². The van der Waals surface area contributed by atoms with Crippen LogP contribution in [0.3, 0.4) is 0 Å². The van der Waals surface area contributed by atoms with Gasteiger partial charge in [-0.25, -0.2) is 19.9 Å². The van der Waals surface area contributed by atoms with Crippen molar-refractivity contribution in [3.8, 4) is 11.6 Å². The minimum Gasteiger partial charge on any atom is -0.226 e. The van der Waals surface area contributed by atoms with Gasteiger partial charge in [0.15, 0.2) is 11.6 Å². The minimum atomic E-state index is 0.431. The van der Waals surface area contributed by atoms with Gasteiger partial charge in [-0.05, 0) is 107 Å². The van der Waals surface area contributed by atoms with E-state index < -0.39 is 0 Å². The maximum atomic E-state index is 4.91. The van der Waals surface area contributed by atoms with Gasteiger partial charge in [-0.1, -0.05) is 137 Å². The number of rotatable bonds is 9. The molecule has 0 saturated carbocycles.